The van der Waals surface area contributed by atoms with Crippen LogP contribution in [0.15, 0.2) is 60.7 Å². The molecule has 0 fully saturated rings. The van der Waals surface area contributed by atoms with Crippen LogP contribution < -0.4 is 10.5 Å². The van der Waals surface area contributed by atoms with Gasteiger partial charge < -0.3 is 10.5 Å². The largest absolute Gasteiger partial charge is 0.439 e. The van der Waals surface area contributed by atoms with Gasteiger partial charge >= 0.3 is 0 Å². The molecule has 0 bridgehead atoms. The van der Waals surface area contributed by atoms with E-state index in [9.17, 15) is 0 Å². The predicted octanol–water partition coefficient (Wildman–Crippen LogP) is 3.31. The lowest BCUT2D eigenvalue weighted by molar-refractivity contribution is 0.463. The van der Waals surface area contributed by atoms with Gasteiger partial charge in [-0.05, 0) is 29.0 Å². The van der Waals surface area contributed by atoms with Crippen LogP contribution in [0.25, 0.3) is 10.8 Å². The standard InChI is InChI=1S/C16H13N3O/c17-16(18)14-6-3-7-15(19-14)20-13-9-8-11-4-1-2-5-12(11)10-13/h1-10H,(H3,17,18). The summed E-state index contributed by atoms with van der Waals surface area (Å²) in [5, 5.41) is 9.64. The minimum Gasteiger partial charge on any atom is -0.439 e. The van der Waals surface area contributed by atoms with E-state index in [1.807, 2.05) is 42.5 Å². The third kappa shape index (κ3) is 2.44. The van der Waals surface area contributed by atoms with Gasteiger partial charge in [0.1, 0.15) is 17.3 Å². The van der Waals surface area contributed by atoms with E-state index in [1.165, 1.54) is 0 Å². The van der Waals surface area contributed by atoms with Gasteiger partial charge in [-0.2, -0.15) is 0 Å². The number of ether oxygens (including phenoxy) is 1. The molecule has 20 heavy (non-hydrogen) atoms. The van der Waals surface area contributed by atoms with Crippen molar-refractivity contribution in [2.45, 2.75) is 0 Å². The van der Waals surface area contributed by atoms with Crippen LogP contribution in [0.1, 0.15) is 5.69 Å². The summed E-state index contributed by atoms with van der Waals surface area (Å²) >= 11 is 0. The first-order valence-corrected chi connectivity index (χ1v) is 6.20. The van der Waals surface area contributed by atoms with Crippen LogP contribution in [0.5, 0.6) is 11.6 Å². The fourth-order valence-electron chi connectivity index (χ4n) is 1.97. The van der Waals surface area contributed by atoms with E-state index >= 15 is 0 Å². The molecule has 0 unspecified atom stereocenters. The number of nitrogens with two attached hydrogens (primary N) is 1. The number of pyridine rings is 1. The molecule has 1 heterocycles. The van der Waals surface area contributed by atoms with Crippen LogP contribution in [0.3, 0.4) is 0 Å². The average Bonchev–Trinajstić information content (AvgIpc) is 2.47. The van der Waals surface area contributed by atoms with Crippen LogP contribution >= 0.6 is 0 Å². The monoisotopic (exact) mass is 263 g/mol. The molecule has 4 heteroatoms. The molecule has 98 valence electrons. The maximum atomic E-state index is 7.38. The van der Waals surface area contributed by atoms with Crippen LogP contribution in [-0.4, -0.2) is 10.8 Å². The number of amidine groups is 1. The van der Waals surface area contributed by atoms with Crippen LogP contribution in [0, 0.1) is 5.41 Å². The molecular weight excluding hydrogens is 250 g/mol. The summed E-state index contributed by atoms with van der Waals surface area (Å²) in [5.41, 5.74) is 5.82. The molecule has 3 rings (SSSR count). The second-order valence-electron chi connectivity index (χ2n) is 4.39. The number of hydrogen-bond acceptors (Lipinski definition) is 3. The van der Waals surface area contributed by atoms with Crippen LogP contribution in [-0.2, 0) is 0 Å². The van der Waals surface area contributed by atoms with Crippen molar-refractivity contribution in [3.63, 3.8) is 0 Å². The number of fused-ring (bicyclic) bond motifs is 1. The van der Waals surface area contributed by atoms with Crippen LogP contribution in [0.2, 0.25) is 0 Å². The molecule has 0 aliphatic carbocycles. The zero-order chi connectivity index (χ0) is 13.9. The average molecular weight is 263 g/mol. The Morgan fingerprint density at radius 1 is 0.950 bits per heavy atom. The smallest absolute Gasteiger partial charge is 0.219 e. The van der Waals surface area contributed by atoms with E-state index in [2.05, 4.69) is 4.98 Å². The molecule has 0 amide bonds. The molecule has 3 N–H and O–H groups in total. The van der Waals surface area contributed by atoms with E-state index in [-0.39, 0.29) is 5.84 Å². The van der Waals surface area contributed by atoms with Gasteiger partial charge in [-0.3, -0.25) is 5.41 Å². The Kier molecular flexibility index (Phi) is 3.05. The summed E-state index contributed by atoms with van der Waals surface area (Å²) in [4.78, 5) is 4.18. The second kappa shape index (κ2) is 5.01. The molecule has 0 aliphatic rings. The van der Waals surface area contributed by atoms with Crippen molar-refractivity contribution in [1.82, 2.24) is 4.98 Å². The van der Waals surface area contributed by atoms with Crippen molar-refractivity contribution in [2.24, 2.45) is 5.73 Å². The first-order chi connectivity index (χ1) is 9.72. The quantitative estimate of drug-likeness (QED) is 0.562. The van der Waals surface area contributed by atoms with Crippen molar-refractivity contribution in [1.29, 1.82) is 5.41 Å². The van der Waals surface area contributed by atoms with Gasteiger partial charge in [0.2, 0.25) is 5.88 Å². The molecule has 0 radical (unpaired) electrons. The Balaban J connectivity index is 1.92. The fourth-order valence-corrected chi connectivity index (χ4v) is 1.97. The Hall–Kier alpha value is -2.88. The summed E-state index contributed by atoms with van der Waals surface area (Å²) in [5.74, 6) is 1.05. The molecular formula is C16H13N3O. The maximum Gasteiger partial charge on any atom is 0.219 e. The van der Waals surface area contributed by atoms with Gasteiger partial charge in [-0.1, -0.05) is 36.4 Å². The molecule has 0 atom stereocenters. The lowest BCUT2D eigenvalue weighted by Crippen LogP contribution is -2.13. The zero-order valence-corrected chi connectivity index (χ0v) is 10.7. The summed E-state index contributed by atoms with van der Waals surface area (Å²) in [7, 11) is 0. The lowest BCUT2D eigenvalue weighted by atomic mass is 10.1. The maximum absolute atomic E-state index is 7.38. The number of nitrogen functional groups attached to an aromatic ring is 1. The Morgan fingerprint density at radius 2 is 1.75 bits per heavy atom. The van der Waals surface area contributed by atoms with E-state index in [0.717, 1.165) is 10.8 Å². The number of benzene rings is 2. The third-order valence-electron chi connectivity index (χ3n) is 2.94. The van der Waals surface area contributed by atoms with Crippen molar-refractivity contribution >= 4 is 16.6 Å². The summed E-state index contributed by atoms with van der Waals surface area (Å²) in [6.45, 7) is 0. The van der Waals surface area contributed by atoms with E-state index < -0.39 is 0 Å². The normalized spacial score (nSPS) is 10.4. The number of hydrogen-bond donors (Lipinski definition) is 2. The summed E-state index contributed by atoms with van der Waals surface area (Å²) in [6, 6.07) is 19.1. The van der Waals surface area contributed by atoms with Gasteiger partial charge in [0.15, 0.2) is 0 Å². The highest BCUT2D eigenvalue weighted by Gasteiger charge is 2.03. The minimum absolute atomic E-state index is 0.0750. The minimum atomic E-state index is -0.0750. The van der Waals surface area contributed by atoms with Gasteiger partial charge in [0.25, 0.3) is 0 Å². The number of nitrogens with one attached hydrogen (secondary N) is 1. The predicted molar refractivity (Wildman–Crippen MR) is 79.3 cm³/mol. The highest BCUT2D eigenvalue weighted by atomic mass is 16.5. The first kappa shape index (κ1) is 12.2. The Bertz CT molecular complexity index is 783. The Labute approximate surface area is 116 Å². The van der Waals surface area contributed by atoms with Gasteiger partial charge in [0.05, 0.1) is 0 Å². The molecule has 2 aromatic carbocycles. The topological polar surface area (TPSA) is 72.0 Å². The zero-order valence-electron chi connectivity index (χ0n) is 10.7. The highest BCUT2D eigenvalue weighted by molar-refractivity contribution is 5.93. The summed E-state index contributed by atoms with van der Waals surface area (Å²) in [6.07, 6.45) is 0. The highest BCUT2D eigenvalue weighted by Crippen LogP contribution is 2.24. The Morgan fingerprint density at radius 3 is 2.55 bits per heavy atom. The first-order valence-electron chi connectivity index (χ1n) is 6.20. The molecule has 0 saturated heterocycles. The molecule has 0 aliphatic heterocycles. The van der Waals surface area contributed by atoms with Gasteiger partial charge in [-0.25, -0.2) is 4.98 Å². The molecule has 1 aromatic heterocycles. The molecule has 3 aromatic rings. The SMILES string of the molecule is N=C(N)c1cccc(Oc2ccc3ccccc3c2)n1. The third-order valence-corrected chi connectivity index (χ3v) is 2.94. The molecule has 4 nitrogen and oxygen atoms in total. The van der Waals surface area contributed by atoms with E-state index in [1.54, 1.807) is 18.2 Å². The fraction of sp³-hybridized carbons (Fsp3) is 0. The summed E-state index contributed by atoms with van der Waals surface area (Å²) < 4.78 is 5.71. The number of aromatic nitrogens is 1. The van der Waals surface area contributed by atoms with Crippen molar-refractivity contribution in [3.8, 4) is 11.6 Å². The van der Waals surface area contributed by atoms with Crippen molar-refractivity contribution in [3.05, 3.63) is 66.4 Å². The molecule has 0 spiro atoms. The second-order valence-corrected chi connectivity index (χ2v) is 4.39. The van der Waals surface area contributed by atoms with Gasteiger partial charge in [0, 0.05) is 6.07 Å². The molecule has 0 saturated carbocycles. The van der Waals surface area contributed by atoms with Crippen molar-refractivity contribution in [2.75, 3.05) is 0 Å². The van der Waals surface area contributed by atoms with Gasteiger partial charge in [-0.15, -0.1) is 0 Å². The van der Waals surface area contributed by atoms with E-state index in [0.29, 0.717) is 17.3 Å². The lowest BCUT2D eigenvalue weighted by Gasteiger charge is -2.07. The number of rotatable bonds is 3. The number of nitrogens with zero attached hydrogens (tertiary/aromatic N) is 1. The van der Waals surface area contributed by atoms with E-state index in [4.69, 9.17) is 15.9 Å². The van der Waals surface area contributed by atoms with Crippen LogP contribution in [0.4, 0.5) is 0 Å². The van der Waals surface area contributed by atoms with Crippen molar-refractivity contribution < 1.29 is 4.74 Å².